The lowest BCUT2D eigenvalue weighted by Gasteiger charge is -2.19. The standard InChI is InChI=1S/C22H23N3O5/c1-22(2,3)14-8-6-13(7-9-14)12-25-19-15(5-4-10-23-19)18(28)17(21(25)30)20(29)24-11-16(26)27/h4-10,28H,11-12H2,1-3H3,(H,24,29)(H,26,27). The summed E-state index contributed by atoms with van der Waals surface area (Å²) in [6.45, 7) is 5.77. The molecular formula is C22H23N3O5. The SMILES string of the molecule is CC(C)(C)c1ccc(Cn2c(=O)c(C(=O)NCC(=O)O)c(O)c3cccnc32)cc1. The highest BCUT2D eigenvalue weighted by Crippen LogP contribution is 2.26. The van der Waals surface area contributed by atoms with E-state index in [-0.39, 0.29) is 23.0 Å². The topological polar surface area (TPSA) is 122 Å². The van der Waals surface area contributed by atoms with Gasteiger partial charge in [0.05, 0.1) is 11.9 Å². The minimum absolute atomic E-state index is 0.0163. The van der Waals surface area contributed by atoms with Gasteiger partial charge in [0.15, 0.2) is 0 Å². The quantitative estimate of drug-likeness (QED) is 0.594. The summed E-state index contributed by atoms with van der Waals surface area (Å²) in [4.78, 5) is 40.5. The van der Waals surface area contributed by atoms with Gasteiger partial charge in [0, 0.05) is 6.20 Å². The summed E-state index contributed by atoms with van der Waals surface area (Å²) in [5, 5.41) is 21.7. The van der Waals surface area contributed by atoms with Gasteiger partial charge >= 0.3 is 5.97 Å². The molecule has 0 atom stereocenters. The average molecular weight is 409 g/mol. The molecule has 2 aromatic heterocycles. The molecule has 156 valence electrons. The summed E-state index contributed by atoms with van der Waals surface area (Å²) in [5.74, 6) is -2.74. The minimum Gasteiger partial charge on any atom is -0.506 e. The molecule has 1 aromatic carbocycles. The molecule has 0 bridgehead atoms. The number of aromatic nitrogens is 2. The van der Waals surface area contributed by atoms with Crippen molar-refractivity contribution in [3.63, 3.8) is 0 Å². The van der Waals surface area contributed by atoms with Gasteiger partial charge in [-0.15, -0.1) is 0 Å². The van der Waals surface area contributed by atoms with Crippen molar-refractivity contribution in [2.75, 3.05) is 6.54 Å². The lowest BCUT2D eigenvalue weighted by Crippen LogP contribution is -2.36. The predicted octanol–water partition coefficient (Wildman–Crippen LogP) is 2.26. The number of hydrogen-bond donors (Lipinski definition) is 3. The fraction of sp³-hybridized carbons (Fsp3) is 0.273. The van der Waals surface area contributed by atoms with E-state index >= 15 is 0 Å². The number of fused-ring (bicyclic) bond motifs is 1. The van der Waals surface area contributed by atoms with E-state index in [0.717, 1.165) is 11.1 Å². The van der Waals surface area contributed by atoms with Crippen LogP contribution in [-0.2, 0) is 16.8 Å². The van der Waals surface area contributed by atoms with Gasteiger partial charge < -0.3 is 15.5 Å². The van der Waals surface area contributed by atoms with Crippen LogP contribution in [0.1, 0.15) is 42.3 Å². The van der Waals surface area contributed by atoms with Crippen LogP contribution < -0.4 is 10.9 Å². The molecule has 0 aliphatic rings. The molecular weight excluding hydrogens is 386 g/mol. The van der Waals surface area contributed by atoms with E-state index in [0.29, 0.717) is 0 Å². The molecule has 0 aliphatic carbocycles. The smallest absolute Gasteiger partial charge is 0.322 e. The van der Waals surface area contributed by atoms with Gasteiger partial charge in [0.2, 0.25) is 0 Å². The second-order valence-electron chi connectivity index (χ2n) is 8.01. The summed E-state index contributed by atoms with van der Waals surface area (Å²) in [7, 11) is 0. The van der Waals surface area contributed by atoms with Crippen molar-refractivity contribution in [2.45, 2.75) is 32.7 Å². The zero-order chi connectivity index (χ0) is 22.1. The van der Waals surface area contributed by atoms with E-state index in [1.54, 1.807) is 12.1 Å². The molecule has 0 saturated heterocycles. The third-order valence-corrected chi connectivity index (χ3v) is 4.78. The molecule has 1 amide bonds. The lowest BCUT2D eigenvalue weighted by molar-refractivity contribution is -0.135. The maximum absolute atomic E-state index is 13.1. The summed E-state index contributed by atoms with van der Waals surface area (Å²) in [5.41, 5.74) is 0.914. The van der Waals surface area contributed by atoms with Crippen molar-refractivity contribution in [1.29, 1.82) is 0 Å². The van der Waals surface area contributed by atoms with Gasteiger partial charge in [0.25, 0.3) is 11.5 Å². The Hall–Kier alpha value is -3.68. The number of carbonyl (C=O) groups excluding carboxylic acids is 1. The highest BCUT2D eigenvalue weighted by atomic mass is 16.4. The zero-order valence-electron chi connectivity index (χ0n) is 17.0. The number of carbonyl (C=O) groups is 2. The highest BCUT2D eigenvalue weighted by Gasteiger charge is 2.23. The molecule has 0 radical (unpaired) electrons. The Morgan fingerprint density at radius 2 is 1.80 bits per heavy atom. The van der Waals surface area contributed by atoms with Crippen LogP contribution in [-0.4, -0.2) is 38.2 Å². The van der Waals surface area contributed by atoms with Crippen LogP contribution in [0.15, 0.2) is 47.4 Å². The Bertz CT molecular complexity index is 1170. The summed E-state index contributed by atoms with van der Waals surface area (Å²) in [6, 6.07) is 10.9. The monoisotopic (exact) mass is 409 g/mol. The van der Waals surface area contributed by atoms with E-state index in [4.69, 9.17) is 5.11 Å². The van der Waals surface area contributed by atoms with Crippen molar-refractivity contribution < 1.29 is 19.8 Å². The molecule has 0 fully saturated rings. The first-order valence-electron chi connectivity index (χ1n) is 9.39. The summed E-state index contributed by atoms with van der Waals surface area (Å²) >= 11 is 0. The van der Waals surface area contributed by atoms with Crippen LogP contribution in [0.3, 0.4) is 0 Å². The second-order valence-corrected chi connectivity index (χ2v) is 8.01. The van der Waals surface area contributed by atoms with Gasteiger partial charge in [0.1, 0.15) is 23.5 Å². The molecule has 30 heavy (non-hydrogen) atoms. The number of pyridine rings is 2. The summed E-state index contributed by atoms with van der Waals surface area (Å²) < 4.78 is 1.30. The Labute approximate surface area is 172 Å². The molecule has 2 heterocycles. The van der Waals surface area contributed by atoms with Crippen LogP contribution in [0.5, 0.6) is 5.75 Å². The van der Waals surface area contributed by atoms with Crippen LogP contribution in [0.2, 0.25) is 0 Å². The largest absolute Gasteiger partial charge is 0.506 e. The summed E-state index contributed by atoms with van der Waals surface area (Å²) in [6.07, 6.45) is 1.49. The molecule has 3 N–H and O–H groups in total. The van der Waals surface area contributed by atoms with Crippen LogP contribution >= 0.6 is 0 Å². The first-order chi connectivity index (χ1) is 14.1. The average Bonchev–Trinajstić information content (AvgIpc) is 2.69. The third-order valence-electron chi connectivity index (χ3n) is 4.78. The van der Waals surface area contributed by atoms with Crippen molar-refractivity contribution in [2.24, 2.45) is 0 Å². The normalized spacial score (nSPS) is 11.4. The van der Waals surface area contributed by atoms with E-state index < -0.39 is 35.3 Å². The Morgan fingerprint density at radius 1 is 1.13 bits per heavy atom. The molecule has 0 aliphatic heterocycles. The first kappa shape index (κ1) is 21.0. The van der Waals surface area contributed by atoms with Gasteiger partial charge in [-0.25, -0.2) is 4.98 Å². The Balaban J connectivity index is 2.11. The predicted molar refractivity (Wildman–Crippen MR) is 112 cm³/mol. The molecule has 0 saturated carbocycles. The fourth-order valence-electron chi connectivity index (χ4n) is 3.15. The maximum atomic E-state index is 13.1. The van der Waals surface area contributed by atoms with Crippen molar-refractivity contribution in [3.8, 4) is 5.75 Å². The van der Waals surface area contributed by atoms with Crippen LogP contribution in [0.25, 0.3) is 11.0 Å². The van der Waals surface area contributed by atoms with Crippen molar-refractivity contribution in [1.82, 2.24) is 14.9 Å². The molecule has 0 unspecified atom stereocenters. The van der Waals surface area contributed by atoms with E-state index in [2.05, 4.69) is 31.1 Å². The first-order valence-corrected chi connectivity index (χ1v) is 9.39. The zero-order valence-corrected chi connectivity index (χ0v) is 17.0. The van der Waals surface area contributed by atoms with Crippen molar-refractivity contribution >= 4 is 22.9 Å². The second kappa shape index (κ2) is 7.98. The number of amides is 1. The van der Waals surface area contributed by atoms with Crippen LogP contribution in [0.4, 0.5) is 0 Å². The number of rotatable bonds is 5. The van der Waals surface area contributed by atoms with E-state index in [1.807, 2.05) is 24.3 Å². The maximum Gasteiger partial charge on any atom is 0.322 e. The molecule has 8 nitrogen and oxygen atoms in total. The number of hydrogen-bond acceptors (Lipinski definition) is 5. The number of benzene rings is 1. The van der Waals surface area contributed by atoms with Crippen LogP contribution in [0, 0.1) is 0 Å². The molecule has 3 aromatic rings. The number of nitrogens with zero attached hydrogens (tertiary/aromatic N) is 2. The number of aliphatic carboxylic acids is 1. The molecule has 0 spiro atoms. The number of carboxylic acid groups (broad SMARTS) is 1. The minimum atomic E-state index is -1.26. The molecule has 8 heteroatoms. The number of carboxylic acids is 1. The Morgan fingerprint density at radius 3 is 2.40 bits per heavy atom. The van der Waals surface area contributed by atoms with E-state index in [1.165, 1.54) is 10.8 Å². The third kappa shape index (κ3) is 4.17. The van der Waals surface area contributed by atoms with Gasteiger partial charge in [-0.1, -0.05) is 45.0 Å². The number of aromatic hydroxyl groups is 1. The number of nitrogens with one attached hydrogen (secondary N) is 1. The Kier molecular flexibility index (Phi) is 5.60. The van der Waals surface area contributed by atoms with E-state index in [9.17, 15) is 19.5 Å². The molecule has 3 rings (SSSR count). The fourth-order valence-corrected chi connectivity index (χ4v) is 3.15. The van der Waals surface area contributed by atoms with Crippen molar-refractivity contribution in [3.05, 3.63) is 69.6 Å². The van der Waals surface area contributed by atoms with Gasteiger partial charge in [-0.3, -0.25) is 19.0 Å². The van der Waals surface area contributed by atoms with Gasteiger partial charge in [-0.05, 0) is 28.7 Å². The highest BCUT2D eigenvalue weighted by molar-refractivity contribution is 6.02. The van der Waals surface area contributed by atoms with Gasteiger partial charge in [-0.2, -0.15) is 0 Å². The lowest BCUT2D eigenvalue weighted by atomic mass is 9.87.